The van der Waals surface area contributed by atoms with E-state index >= 15 is 0 Å². The molecule has 2 heteroatoms. The maximum atomic E-state index is 12.3. The molecule has 0 aromatic heterocycles. The number of benzene rings is 2. The van der Waals surface area contributed by atoms with Crippen molar-refractivity contribution in [3.05, 3.63) is 70.8 Å². The van der Waals surface area contributed by atoms with Gasteiger partial charge < -0.3 is 5.32 Å². The highest BCUT2D eigenvalue weighted by Gasteiger charge is 2.45. The Hall–Kier alpha value is -2.09. The van der Waals surface area contributed by atoms with Gasteiger partial charge in [-0.2, -0.15) is 0 Å². The lowest BCUT2D eigenvalue weighted by molar-refractivity contribution is 0.0938. The molecule has 0 saturated carbocycles. The van der Waals surface area contributed by atoms with Crippen LogP contribution in [0.25, 0.3) is 0 Å². The molecular weight excluding hydrogens is 246 g/mol. The minimum Gasteiger partial charge on any atom is -0.338 e. The van der Waals surface area contributed by atoms with Gasteiger partial charge in [0.15, 0.2) is 0 Å². The number of rotatable bonds is 0. The van der Waals surface area contributed by atoms with Crippen molar-refractivity contribution in [1.82, 2.24) is 5.32 Å². The lowest BCUT2D eigenvalue weighted by atomic mass is 9.79. The third-order valence-corrected chi connectivity index (χ3v) is 4.68. The lowest BCUT2D eigenvalue weighted by Crippen LogP contribution is -2.40. The molecule has 1 spiro atoms. The van der Waals surface area contributed by atoms with E-state index in [-0.39, 0.29) is 11.4 Å². The van der Waals surface area contributed by atoms with E-state index < -0.39 is 0 Å². The number of aryl methyl sites for hydroxylation is 1. The number of hydrogen-bond acceptors (Lipinski definition) is 1. The Morgan fingerprint density at radius 1 is 0.900 bits per heavy atom. The van der Waals surface area contributed by atoms with Crippen molar-refractivity contribution in [2.24, 2.45) is 0 Å². The zero-order valence-electron chi connectivity index (χ0n) is 11.4. The molecule has 1 aliphatic carbocycles. The molecule has 2 aromatic carbocycles. The molecule has 1 N–H and O–H groups in total. The van der Waals surface area contributed by atoms with Gasteiger partial charge in [0, 0.05) is 5.56 Å². The van der Waals surface area contributed by atoms with E-state index in [1.165, 1.54) is 17.5 Å². The summed E-state index contributed by atoms with van der Waals surface area (Å²) < 4.78 is 0. The SMILES string of the molecule is O=C1NC2(CCCCc3ccccc32)c2ccccc21. The van der Waals surface area contributed by atoms with Crippen LogP contribution in [0.4, 0.5) is 0 Å². The lowest BCUT2D eigenvalue weighted by Gasteiger charge is -2.31. The van der Waals surface area contributed by atoms with Crippen molar-refractivity contribution in [2.75, 3.05) is 0 Å². The second kappa shape index (κ2) is 4.20. The fourth-order valence-corrected chi connectivity index (χ4v) is 3.79. The molecule has 100 valence electrons. The summed E-state index contributed by atoms with van der Waals surface area (Å²) in [6.45, 7) is 0. The van der Waals surface area contributed by atoms with E-state index in [1.54, 1.807) is 0 Å². The number of carbonyl (C=O) groups is 1. The highest BCUT2D eigenvalue weighted by Crippen LogP contribution is 2.44. The van der Waals surface area contributed by atoms with Crippen LogP contribution in [-0.4, -0.2) is 5.91 Å². The number of carbonyl (C=O) groups excluding carboxylic acids is 1. The fourth-order valence-electron chi connectivity index (χ4n) is 3.79. The number of fused-ring (bicyclic) bond motifs is 4. The standard InChI is InChI=1S/C18H17NO/c20-17-14-9-2-4-11-16(14)18(19-17)12-6-5-8-13-7-1-3-10-15(13)18/h1-4,7,9-11H,5-6,8,12H2,(H,19,20). The molecule has 1 aliphatic heterocycles. The van der Waals surface area contributed by atoms with E-state index in [2.05, 4.69) is 35.6 Å². The molecule has 0 radical (unpaired) electrons. The van der Waals surface area contributed by atoms with Crippen molar-refractivity contribution in [3.8, 4) is 0 Å². The largest absolute Gasteiger partial charge is 0.338 e. The highest BCUT2D eigenvalue weighted by molar-refractivity contribution is 6.00. The second-order valence-electron chi connectivity index (χ2n) is 5.77. The Labute approximate surface area is 118 Å². The first-order valence-corrected chi connectivity index (χ1v) is 7.32. The summed E-state index contributed by atoms with van der Waals surface area (Å²) in [6.07, 6.45) is 4.43. The maximum Gasteiger partial charge on any atom is 0.252 e. The van der Waals surface area contributed by atoms with Crippen molar-refractivity contribution in [2.45, 2.75) is 31.2 Å². The predicted octanol–water partition coefficient (Wildman–Crippen LogP) is 3.40. The third kappa shape index (κ3) is 1.48. The summed E-state index contributed by atoms with van der Waals surface area (Å²) in [5.74, 6) is 0.0669. The smallest absolute Gasteiger partial charge is 0.252 e. The number of nitrogens with one attached hydrogen (secondary N) is 1. The second-order valence-corrected chi connectivity index (χ2v) is 5.77. The first kappa shape index (κ1) is 11.7. The average molecular weight is 263 g/mol. The van der Waals surface area contributed by atoms with Crippen LogP contribution in [0, 0.1) is 0 Å². The summed E-state index contributed by atoms with van der Waals surface area (Å²) in [4.78, 5) is 12.3. The van der Waals surface area contributed by atoms with Crippen LogP contribution >= 0.6 is 0 Å². The molecule has 0 bridgehead atoms. The Bertz CT molecular complexity index is 691. The molecular formula is C18H17NO. The van der Waals surface area contributed by atoms with Crippen LogP contribution in [0.5, 0.6) is 0 Å². The molecule has 2 nitrogen and oxygen atoms in total. The topological polar surface area (TPSA) is 29.1 Å². The molecule has 20 heavy (non-hydrogen) atoms. The van der Waals surface area contributed by atoms with E-state index in [0.717, 1.165) is 30.4 Å². The number of hydrogen-bond donors (Lipinski definition) is 1. The first-order chi connectivity index (χ1) is 9.81. The van der Waals surface area contributed by atoms with Gasteiger partial charge in [-0.15, -0.1) is 0 Å². The van der Waals surface area contributed by atoms with Crippen LogP contribution in [-0.2, 0) is 12.0 Å². The summed E-state index contributed by atoms with van der Waals surface area (Å²) in [6, 6.07) is 16.6. The van der Waals surface area contributed by atoms with E-state index in [4.69, 9.17) is 0 Å². The van der Waals surface area contributed by atoms with Gasteiger partial charge >= 0.3 is 0 Å². The maximum absolute atomic E-state index is 12.3. The van der Waals surface area contributed by atoms with Gasteiger partial charge in [0.1, 0.15) is 0 Å². The molecule has 2 aromatic rings. The van der Waals surface area contributed by atoms with Gasteiger partial charge in [0.25, 0.3) is 5.91 Å². The summed E-state index contributed by atoms with van der Waals surface area (Å²) >= 11 is 0. The van der Waals surface area contributed by atoms with Gasteiger partial charge in [0.2, 0.25) is 0 Å². The Morgan fingerprint density at radius 3 is 2.55 bits per heavy atom. The van der Waals surface area contributed by atoms with Crippen LogP contribution in [0.15, 0.2) is 48.5 Å². The molecule has 2 aliphatic rings. The van der Waals surface area contributed by atoms with E-state index in [0.29, 0.717) is 0 Å². The van der Waals surface area contributed by atoms with Crippen LogP contribution < -0.4 is 5.32 Å². The minimum absolute atomic E-state index is 0.0669. The van der Waals surface area contributed by atoms with Gasteiger partial charge in [0.05, 0.1) is 5.54 Å². The van der Waals surface area contributed by atoms with Crippen LogP contribution in [0.1, 0.15) is 46.3 Å². The minimum atomic E-state index is -0.305. The quantitative estimate of drug-likeness (QED) is 0.775. The van der Waals surface area contributed by atoms with Crippen molar-refractivity contribution in [1.29, 1.82) is 0 Å². The summed E-state index contributed by atoms with van der Waals surface area (Å²) in [5.41, 5.74) is 4.35. The van der Waals surface area contributed by atoms with Crippen LogP contribution in [0.3, 0.4) is 0 Å². The zero-order chi connectivity index (χ0) is 13.6. The van der Waals surface area contributed by atoms with Gasteiger partial charge in [-0.3, -0.25) is 4.79 Å². The van der Waals surface area contributed by atoms with Gasteiger partial charge in [-0.1, -0.05) is 48.9 Å². The molecule has 0 fully saturated rings. The molecule has 1 atom stereocenters. The fraction of sp³-hybridized carbons (Fsp3) is 0.278. The van der Waals surface area contributed by atoms with Crippen molar-refractivity contribution < 1.29 is 4.79 Å². The van der Waals surface area contributed by atoms with Crippen molar-refractivity contribution in [3.63, 3.8) is 0 Å². The van der Waals surface area contributed by atoms with Gasteiger partial charge in [-0.05, 0) is 42.0 Å². The monoisotopic (exact) mass is 263 g/mol. The Kier molecular flexibility index (Phi) is 2.46. The van der Waals surface area contributed by atoms with Crippen LogP contribution in [0.2, 0.25) is 0 Å². The molecule has 1 heterocycles. The first-order valence-electron chi connectivity index (χ1n) is 7.32. The molecule has 0 saturated heterocycles. The Balaban J connectivity index is 2.00. The normalized spacial score (nSPS) is 23.9. The number of amides is 1. The average Bonchev–Trinajstić information content (AvgIpc) is 2.66. The van der Waals surface area contributed by atoms with Crippen molar-refractivity contribution >= 4 is 5.91 Å². The predicted molar refractivity (Wildman–Crippen MR) is 78.7 cm³/mol. The molecule has 1 unspecified atom stereocenters. The zero-order valence-corrected chi connectivity index (χ0v) is 11.4. The Morgan fingerprint density at radius 2 is 1.65 bits per heavy atom. The summed E-state index contributed by atoms with van der Waals surface area (Å²) in [7, 11) is 0. The van der Waals surface area contributed by atoms with Gasteiger partial charge in [-0.25, -0.2) is 0 Å². The highest BCUT2D eigenvalue weighted by atomic mass is 16.2. The molecule has 4 rings (SSSR count). The van der Waals surface area contributed by atoms with E-state index in [1.807, 2.05) is 18.2 Å². The van der Waals surface area contributed by atoms with E-state index in [9.17, 15) is 4.79 Å². The molecule has 1 amide bonds. The summed E-state index contributed by atoms with van der Waals surface area (Å²) in [5, 5.41) is 3.29. The third-order valence-electron chi connectivity index (χ3n) is 4.68.